The number of likely N-dealkylation sites (tertiary alicyclic amines) is 1. The maximum Gasteiger partial charge on any atom is 0.257 e. The van der Waals surface area contributed by atoms with E-state index in [1.54, 1.807) is 12.3 Å². The van der Waals surface area contributed by atoms with E-state index in [0.717, 1.165) is 39.0 Å². The maximum absolute atomic E-state index is 12.0. The Morgan fingerprint density at radius 1 is 1.50 bits per heavy atom. The van der Waals surface area contributed by atoms with Gasteiger partial charge in [-0.2, -0.15) is 0 Å². The van der Waals surface area contributed by atoms with Crippen LogP contribution in [0.2, 0.25) is 0 Å². The summed E-state index contributed by atoms with van der Waals surface area (Å²) in [6, 6.07) is 1.73. The number of piperidine rings is 1. The minimum absolute atomic E-state index is 0. The molecule has 0 aliphatic carbocycles. The van der Waals surface area contributed by atoms with Crippen LogP contribution in [0.1, 0.15) is 30.1 Å². The number of hydrogen-bond donors (Lipinski definition) is 1. The molecule has 1 aromatic rings. The fourth-order valence-corrected chi connectivity index (χ4v) is 2.26. The molecule has 0 unspecified atom stereocenters. The van der Waals surface area contributed by atoms with Crippen LogP contribution in [-0.2, 0) is 0 Å². The second-order valence-corrected chi connectivity index (χ2v) is 4.56. The third-order valence-electron chi connectivity index (χ3n) is 3.35. The van der Waals surface area contributed by atoms with E-state index in [-0.39, 0.29) is 18.3 Å². The molecule has 2 rings (SSSR count). The molecule has 4 nitrogen and oxygen atoms in total. The summed E-state index contributed by atoms with van der Waals surface area (Å²) >= 11 is 0. The Balaban J connectivity index is 0.00000162. The second-order valence-electron chi connectivity index (χ2n) is 4.56. The van der Waals surface area contributed by atoms with E-state index >= 15 is 0 Å². The normalized spacial score (nSPS) is 16.4. The van der Waals surface area contributed by atoms with Crippen molar-refractivity contribution in [1.82, 2.24) is 10.2 Å². The Morgan fingerprint density at radius 3 is 2.78 bits per heavy atom. The molecule has 0 bridgehead atoms. The molecule has 0 atom stereocenters. The van der Waals surface area contributed by atoms with Gasteiger partial charge in [0.15, 0.2) is 0 Å². The molecule has 1 saturated heterocycles. The first-order chi connectivity index (χ1) is 8.31. The highest BCUT2D eigenvalue weighted by Gasteiger charge is 2.23. The van der Waals surface area contributed by atoms with Crippen LogP contribution >= 0.6 is 12.4 Å². The smallest absolute Gasteiger partial charge is 0.257 e. The molecule has 5 heteroatoms. The van der Waals surface area contributed by atoms with Crippen LogP contribution < -0.4 is 5.32 Å². The van der Waals surface area contributed by atoms with E-state index in [9.17, 15) is 4.79 Å². The number of furan rings is 1. The fraction of sp³-hybridized carbons (Fsp3) is 0.615. The van der Waals surface area contributed by atoms with Gasteiger partial charge in [0, 0.05) is 13.1 Å². The molecule has 0 saturated carbocycles. The highest BCUT2D eigenvalue weighted by Crippen LogP contribution is 2.18. The highest BCUT2D eigenvalue weighted by atomic mass is 35.5. The number of carbonyl (C=O) groups excluding carboxylic acids is 1. The van der Waals surface area contributed by atoms with Gasteiger partial charge in [-0.1, -0.05) is 6.92 Å². The summed E-state index contributed by atoms with van der Waals surface area (Å²) in [5.41, 5.74) is 0.662. The monoisotopic (exact) mass is 272 g/mol. The number of nitrogens with one attached hydrogen (secondary N) is 1. The summed E-state index contributed by atoms with van der Waals surface area (Å²) in [6.07, 6.45) is 5.26. The summed E-state index contributed by atoms with van der Waals surface area (Å²) in [7, 11) is 0. The molecule has 0 spiro atoms. The SMILES string of the molecule is CCNCC1CCN(C(=O)c2ccoc2)CC1.Cl. The third-order valence-corrected chi connectivity index (χ3v) is 3.35. The standard InChI is InChI=1S/C13H20N2O2.ClH/c1-2-14-9-11-3-6-15(7-4-11)13(16)12-5-8-17-10-12;/h5,8,10-11,14H,2-4,6-7,9H2,1H3;1H. The lowest BCUT2D eigenvalue weighted by atomic mass is 9.96. The Bertz CT molecular complexity index is 346. The van der Waals surface area contributed by atoms with Gasteiger partial charge in [0.2, 0.25) is 0 Å². The molecule has 0 aromatic carbocycles. The van der Waals surface area contributed by atoms with Crippen molar-refractivity contribution in [3.63, 3.8) is 0 Å². The molecule has 1 fully saturated rings. The van der Waals surface area contributed by atoms with Crippen LogP contribution in [0.25, 0.3) is 0 Å². The van der Waals surface area contributed by atoms with E-state index in [1.807, 2.05) is 4.90 Å². The van der Waals surface area contributed by atoms with Crippen LogP contribution in [0.5, 0.6) is 0 Å². The van der Waals surface area contributed by atoms with E-state index in [0.29, 0.717) is 11.5 Å². The van der Waals surface area contributed by atoms with Gasteiger partial charge in [0.1, 0.15) is 6.26 Å². The van der Waals surface area contributed by atoms with Crippen LogP contribution in [0, 0.1) is 5.92 Å². The molecule has 1 N–H and O–H groups in total. The topological polar surface area (TPSA) is 45.5 Å². The van der Waals surface area contributed by atoms with Crippen molar-refractivity contribution in [2.75, 3.05) is 26.2 Å². The molecule has 1 amide bonds. The van der Waals surface area contributed by atoms with Gasteiger partial charge in [0.25, 0.3) is 5.91 Å². The van der Waals surface area contributed by atoms with Gasteiger partial charge < -0.3 is 14.6 Å². The minimum atomic E-state index is 0. The van der Waals surface area contributed by atoms with Crippen molar-refractivity contribution in [3.8, 4) is 0 Å². The van der Waals surface area contributed by atoms with Crippen LogP contribution in [-0.4, -0.2) is 37.0 Å². The van der Waals surface area contributed by atoms with Gasteiger partial charge in [-0.15, -0.1) is 12.4 Å². The predicted molar refractivity (Wildman–Crippen MR) is 73.1 cm³/mol. The molecule has 2 heterocycles. The molecule has 102 valence electrons. The van der Waals surface area contributed by atoms with Crippen molar-refractivity contribution >= 4 is 18.3 Å². The molecule has 1 aliphatic rings. The molecular formula is C13H21ClN2O2. The summed E-state index contributed by atoms with van der Waals surface area (Å²) in [5.74, 6) is 0.809. The van der Waals surface area contributed by atoms with Gasteiger partial charge in [-0.3, -0.25) is 4.79 Å². The average molecular weight is 273 g/mol. The molecule has 18 heavy (non-hydrogen) atoms. The Kier molecular flexibility index (Phi) is 6.22. The van der Waals surface area contributed by atoms with E-state index in [4.69, 9.17) is 4.42 Å². The predicted octanol–water partition coefficient (Wildman–Crippen LogP) is 2.16. The lowest BCUT2D eigenvalue weighted by molar-refractivity contribution is 0.0689. The largest absolute Gasteiger partial charge is 0.472 e. The third kappa shape index (κ3) is 3.75. The number of nitrogens with zero attached hydrogens (tertiary/aromatic N) is 1. The minimum Gasteiger partial charge on any atom is -0.472 e. The van der Waals surface area contributed by atoms with Gasteiger partial charge in [-0.25, -0.2) is 0 Å². The second kappa shape index (κ2) is 7.44. The zero-order valence-electron chi connectivity index (χ0n) is 10.7. The Hall–Kier alpha value is -1.00. The van der Waals surface area contributed by atoms with Gasteiger partial charge in [-0.05, 0) is 37.9 Å². The van der Waals surface area contributed by atoms with Gasteiger partial charge >= 0.3 is 0 Å². The van der Waals surface area contributed by atoms with Crippen molar-refractivity contribution in [3.05, 3.63) is 24.2 Å². The summed E-state index contributed by atoms with van der Waals surface area (Å²) in [6.45, 7) is 5.94. The van der Waals surface area contributed by atoms with Crippen molar-refractivity contribution < 1.29 is 9.21 Å². The lowest BCUT2D eigenvalue weighted by Gasteiger charge is -2.31. The zero-order chi connectivity index (χ0) is 12.1. The first-order valence-electron chi connectivity index (χ1n) is 6.33. The lowest BCUT2D eigenvalue weighted by Crippen LogP contribution is -2.40. The summed E-state index contributed by atoms with van der Waals surface area (Å²) < 4.78 is 4.94. The van der Waals surface area contributed by atoms with Crippen molar-refractivity contribution in [2.24, 2.45) is 5.92 Å². The van der Waals surface area contributed by atoms with Crippen LogP contribution in [0.15, 0.2) is 23.0 Å². The molecule has 1 aliphatic heterocycles. The number of hydrogen-bond acceptors (Lipinski definition) is 3. The Morgan fingerprint density at radius 2 is 2.22 bits per heavy atom. The van der Waals surface area contributed by atoms with E-state index in [2.05, 4.69) is 12.2 Å². The van der Waals surface area contributed by atoms with Crippen LogP contribution in [0.3, 0.4) is 0 Å². The average Bonchev–Trinajstić information content (AvgIpc) is 2.90. The number of amides is 1. The van der Waals surface area contributed by atoms with E-state index < -0.39 is 0 Å². The number of halogens is 1. The first kappa shape index (κ1) is 15.1. The summed E-state index contributed by atoms with van der Waals surface area (Å²) in [4.78, 5) is 14.0. The van der Waals surface area contributed by atoms with E-state index in [1.165, 1.54) is 6.26 Å². The number of carbonyl (C=O) groups is 1. The fourth-order valence-electron chi connectivity index (χ4n) is 2.26. The maximum atomic E-state index is 12.0. The molecular weight excluding hydrogens is 252 g/mol. The molecule has 0 radical (unpaired) electrons. The van der Waals surface area contributed by atoms with Crippen molar-refractivity contribution in [1.29, 1.82) is 0 Å². The van der Waals surface area contributed by atoms with Crippen LogP contribution in [0.4, 0.5) is 0 Å². The van der Waals surface area contributed by atoms with Gasteiger partial charge in [0.05, 0.1) is 11.8 Å². The number of rotatable bonds is 4. The first-order valence-corrected chi connectivity index (χ1v) is 6.33. The highest BCUT2D eigenvalue weighted by molar-refractivity contribution is 5.93. The Labute approximate surface area is 114 Å². The van der Waals surface area contributed by atoms with Crippen molar-refractivity contribution in [2.45, 2.75) is 19.8 Å². The quantitative estimate of drug-likeness (QED) is 0.914. The summed E-state index contributed by atoms with van der Waals surface area (Å²) in [5, 5.41) is 3.37. The molecule has 1 aromatic heterocycles. The zero-order valence-corrected chi connectivity index (χ0v) is 11.5.